The Morgan fingerprint density at radius 2 is 2.04 bits per heavy atom. The molecule has 1 aliphatic rings. The number of carbonyl (C=O) groups is 1. The van der Waals surface area contributed by atoms with Gasteiger partial charge < -0.3 is 0 Å². The number of fused-ring (bicyclic) bond motifs is 1. The molecule has 5 nitrogen and oxygen atoms in total. The fraction of sp³-hybridized carbons (Fsp3) is 0.381. The monoisotopic (exact) mass is 366 g/mol. The zero-order valence-corrected chi connectivity index (χ0v) is 15.6. The Morgan fingerprint density at radius 1 is 1.22 bits per heavy atom. The molecule has 1 aromatic carbocycles. The van der Waals surface area contributed by atoms with Crippen molar-refractivity contribution in [3.05, 3.63) is 48.5 Å². The standard InChI is InChI=1S/C21H23FN4O/c1-14(22)10-26-12-19(13-26)21(27)7-20-6-17-5-15(3-4-16(17)8-23-20)18-9-24-25(2)11-18/h3-6,8-9,11,14,19H,7,10,12-13H2,1-2H3. The Balaban J connectivity index is 1.47. The van der Waals surface area contributed by atoms with Gasteiger partial charge in [0, 0.05) is 68.1 Å². The molecule has 0 N–H and O–H groups in total. The lowest BCUT2D eigenvalue weighted by Gasteiger charge is -2.38. The van der Waals surface area contributed by atoms with Crippen LogP contribution in [0, 0.1) is 5.92 Å². The average Bonchev–Trinajstić information content (AvgIpc) is 3.03. The van der Waals surface area contributed by atoms with Crippen LogP contribution in [0.5, 0.6) is 0 Å². The average molecular weight is 366 g/mol. The summed E-state index contributed by atoms with van der Waals surface area (Å²) in [6.45, 7) is 3.28. The first-order valence-corrected chi connectivity index (χ1v) is 9.25. The van der Waals surface area contributed by atoms with E-state index < -0.39 is 6.17 Å². The lowest BCUT2D eigenvalue weighted by molar-refractivity contribution is -0.127. The Labute approximate surface area is 157 Å². The third kappa shape index (κ3) is 3.90. The minimum Gasteiger partial charge on any atom is -0.299 e. The SMILES string of the molecule is CC(F)CN1CC(C(=O)Cc2cc3cc(-c4cnn(C)c4)ccc3cn2)C1. The highest BCUT2D eigenvalue weighted by Gasteiger charge is 2.32. The quantitative estimate of drug-likeness (QED) is 0.673. The summed E-state index contributed by atoms with van der Waals surface area (Å²) in [7, 11) is 1.90. The molecule has 3 heterocycles. The molecule has 3 aromatic rings. The zero-order chi connectivity index (χ0) is 19.0. The van der Waals surface area contributed by atoms with E-state index in [9.17, 15) is 9.18 Å². The molecule has 1 atom stereocenters. The van der Waals surface area contributed by atoms with Crippen molar-refractivity contribution in [2.45, 2.75) is 19.5 Å². The fourth-order valence-corrected chi connectivity index (χ4v) is 3.63. The maximum atomic E-state index is 13.0. The van der Waals surface area contributed by atoms with Crippen LogP contribution >= 0.6 is 0 Å². The van der Waals surface area contributed by atoms with E-state index in [-0.39, 0.29) is 11.7 Å². The second-order valence-corrected chi connectivity index (χ2v) is 7.48. The second-order valence-electron chi connectivity index (χ2n) is 7.48. The number of rotatable bonds is 6. The number of nitrogens with zero attached hydrogens (tertiary/aromatic N) is 4. The Bertz CT molecular complexity index is 975. The molecule has 140 valence electrons. The molecule has 0 bridgehead atoms. The third-order valence-electron chi connectivity index (χ3n) is 5.09. The summed E-state index contributed by atoms with van der Waals surface area (Å²) < 4.78 is 14.8. The van der Waals surface area contributed by atoms with E-state index in [0.29, 0.717) is 26.1 Å². The summed E-state index contributed by atoms with van der Waals surface area (Å²) in [4.78, 5) is 18.9. The van der Waals surface area contributed by atoms with Crippen molar-refractivity contribution in [3.63, 3.8) is 0 Å². The van der Waals surface area contributed by atoms with Gasteiger partial charge in [-0.1, -0.05) is 12.1 Å². The van der Waals surface area contributed by atoms with Gasteiger partial charge in [-0.05, 0) is 30.0 Å². The predicted octanol–water partition coefficient (Wildman–Crippen LogP) is 3.04. The van der Waals surface area contributed by atoms with Gasteiger partial charge in [0.25, 0.3) is 0 Å². The lowest BCUT2D eigenvalue weighted by atomic mass is 9.92. The number of likely N-dealkylation sites (tertiary alicyclic amines) is 1. The van der Waals surface area contributed by atoms with Gasteiger partial charge in [0.2, 0.25) is 0 Å². The van der Waals surface area contributed by atoms with Crippen molar-refractivity contribution in [1.29, 1.82) is 0 Å². The molecule has 1 aliphatic heterocycles. The van der Waals surface area contributed by atoms with Crippen LogP contribution in [0.3, 0.4) is 0 Å². The van der Waals surface area contributed by atoms with Gasteiger partial charge in [0.05, 0.1) is 6.20 Å². The number of aryl methyl sites for hydroxylation is 1. The molecule has 0 radical (unpaired) electrons. The lowest BCUT2D eigenvalue weighted by Crippen LogP contribution is -2.52. The summed E-state index contributed by atoms with van der Waals surface area (Å²) in [6, 6.07) is 8.20. The number of ketones is 1. The van der Waals surface area contributed by atoms with E-state index in [1.165, 1.54) is 0 Å². The van der Waals surface area contributed by atoms with Gasteiger partial charge in [0.1, 0.15) is 12.0 Å². The molecule has 0 aliphatic carbocycles. The maximum absolute atomic E-state index is 13.0. The molecule has 0 amide bonds. The van der Waals surface area contributed by atoms with Crippen molar-refractivity contribution in [1.82, 2.24) is 19.7 Å². The Kier molecular flexibility index (Phi) is 4.74. The first-order chi connectivity index (χ1) is 13.0. The number of halogens is 1. The number of alkyl halides is 1. The van der Waals surface area contributed by atoms with E-state index in [1.54, 1.807) is 11.6 Å². The highest BCUT2D eigenvalue weighted by Crippen LogP contribution is 2.25. The molecule has 4 rings (SSSR count). The number of Topliss-reactive ketones (excluding diaryl/α,β-unsaturated/α-hetero) is 1. The van der Waals surface area contributed by atoms with Crippen LogP contribution in [0.4, 0.5) is 4.39 Å². The molecule has 1 fully saturated rings. The van der Waals surface area contributed by atoms with Crippen LogP contribution in [0.1, 0.15) is 12.6 Å². The second kappa shape index (κ2) is 7.19. The van der Waals surface area contributed by atoms with Crippen molar-refractivity contribution >= 4 is 16.6 Å². The molecule has 1 unspecified atom stereocenters. The van der Waals surface area contributed by atoms with E-state index in [4.69, 9.17) is 0 Å². The summed E-state index contributed by atoms with van der Waals surface area (Å²) in [5, 5.41) is 6.33. The highest BCUT2D eigenvalue weighted by molar-refractivity contribution is 5.89. The Morgan fingerprint density at radius 3 is 2.74 bits per heavy atom. The number of aromatic nitrogens is 3. The van der Waals surface area contributed by atoms with E-state index in [2.05, 4.69) is 22.2 Å². The van der Waals surface area contributed by atoms with E-state index in [0.717, 1.165) is 27.6 Å². The third-order valence-corrected chi connectivity index (χ3v) is 5.09. The van der Waals surface area contributed by atoms with Gasteiger partial charge in [-0.3, -0.25) is 19.4 Å². The zero-order valence-electron chi connectivity index (χ0n) is 15.6. The summed E-state index contributed by atoms with van der Waals surface area (Å²) in [5.41, 5.74) is 2.94. The number of benzene rings is 1. The van der Waals surface area contributed by atoms with Gasteiger partial charge in [-0.25, -0.2) is 4.39 Å². The fourth-order valence-electron chi connectivity index (χ4n) is 3.63. The van der Waals surface area contributed by atoms with E-state index in [1.807, 2.05) is 42.7 Å². The summed E-state index contributed by atoms with van der Waals surface area (Å²) in [5.74, 6) is 0.191. The topological polar surface area (TPSA) is 51.0 Å². The number of carbonyl (C=O) groups excluding carboxylic acids is 1. The van der Waals surface area contributed by atoms with E-state index >= 15 is 0 Å². The van der Waals surface area contributed by atoms with Crippen LogP contribution in [0.15, 0.2) is 42.9 Å². The van der Waals surface area contributed by atoms with Gasteiger partial charge >= 0.3 is 0 Å². The minimum atomic E-state index is -0.850. The molecule has 0 saturated carbocycles. The molecular weight excluding hydrogens is 343 g/mol. The van der Waals surface area contributed by atoms with Crippen molar-refractivity contribution in [3.8, 4) is 11.1 Å². The molecular formula is C21H23FN4O. The van der Waals surface area contributed by atoms with Crippen molar-refractivity contribution in [2.75, 3.05) is 19.6 Å². The maximum Gasteiger partial charge on any atom is 0.144 e. The van der Waals surface area contributed by atoms with Gasteiger partial charge in [-0.15, -0.1) is 0 Å². The van der Waals surface area contributed by atoms with Gasteiger partial charge in [0.15, 0.2) is 0 Å². The number of hydrogen-bond donors (Lipinski definition) is 0. The van der Waals surface area contributed by atoms with Crippen molar-refractivity contribution < 1.29 is 9.18 Å². The van der Waals surface area contributed by atoms with Crippen LogP contribution in [0.2, 0.25) is 0 Å². The molecule has 6 heteroatoms. The van der Waals surface area contributed by atoms with Crippen molar-refractivity contribution in [2.24, 2.45) is 13.0 Å². The van der Waals surface area contributed by atoms with Crippen LogP contribution < -0.4 is 0 Å². The molecule has 2 aromatic heterocycles. The first-order valence-electron chi connectivity index (χ1n) is 9.25. The number of pyridine rings is 1. The van der Waals surface area contributed by atoms with Gasteiger partial charge in [-0.2, -0.15) is 5.10 Å². The summed E-state index contributed by atoms with van der Waals surface area (Å²) >= 11 is 0. The number of hydrogen-bond acceptors (Lipinski definition) is 4. The summed E-state index contributed by atoms with van der Waals surface area (Å²) in [6.07, 6.45) is 5.12. The largest absolute Gasteiger partial charge is 0.299 e. The normalized spacial score (nSPS) is 16.4. The minimum absolute atomic E-state index is 0.00275. The van der Waals surface area contributed by atoms with Crippen LogP contribution in [0.25, 0.3) is 21.9 Å². The molecule has 1 saturated heterocycles. The highest BCUT2D eigenvalue weighted by atomic mass is 19.1. The smallest absolute Gasteiger partial charge is 0.144 e. The predicted molar refractivity (Wildman–Crippen MR) is 103 cm³/mol. The molecule has 0 spiro atoms. The van der Waals surface area contributed by atoms with Crippen LogP contribution in [-0.4, -0.2) is 51.3 Å². The first kappa shape index (κ1) is 17.8. The molecule has 27 heavy (non-hydrogen) atoms. The van der Waals surface area contributed by atoms with Crippen LogP contribution in [-0.2, 0) is 18.3 Å². The Hall–Kier alpha value is -2.60.